The number of carbonyl (C=O) groups excluding carboxylic acids is 1. The lowest BCUT2D eigenvalue weighted by atomic mass is 9.82. The summed E-state index contributed by atoms with van der Waals surface area (Å²) in [4.78, 5) is 11.6. The van der Waals surface area contributed by atoms with Crippen LogP contribution in [-0.2, 0) is 4.79 Å². The van der Waals surface area contributed by atoms with Gasteiger partial charge in [-0.2, -0.15) is 0 Å². The molecule has 1 aromatic rings. The number of carbonyl (C=O) groups is 1. The van der Waals surface area contributed by atoms with Gasteiger partial charge in [-0.3, -0.25) is 4.79 Å². The minimum Gasteiger partial charge on any atom is -0.298 e. The Morgan fingerprint density at radius 2 is 1.88 bits per heavy atom. The lowest BCUT2D eigenvalue weighted by molar-refractivity contribution is -0.124. The summed E-state index contributed by atoms with van der Waals surface area (Å²) in [6.07, 6.45) is 0. The summed E-state index contributed by atoms with van der Waals surface area (Å²) in [6, 6.07) is 5.81. The van der Waals surface area contributed by atoms with Crippen molar-refractivity contribution in [2.24, 2.45) is 5.41 Å². The largest absolute Gasteiger partial charge is 0.298 e. The Bertz CT molecular complexity index is 373. The Morgan fingerprint density at radius 3 is 2.31 bits per heavy atom. The number of ketones is 1. The van der Waals surface area contributed by atoms with Crippen LogP contribution in [0.3, 0.4) is 0 Å². The van der Waals surface area contributed by atoms with Gasteiger partial charge in [0.25, 0.3) is 0 Å². The standard InChI is InChI=1S/C12H13Cl2FO/c1-12(2,10(16)7-13)11(14)8-3-5-9(15)6-4-8/h3-6,11H,7H2,1-2H3. The fourth-order valence-corrected chi connectivity index (χ4v) is 1.97. The van der Waals surface area contributed by atoms with Crippen LogP contribution in [0, 0.1) is 11.2 Å². The van der Waals surface area contributed by atoms with Gasteiger partial charge in [-0.25, -0.2) is 4.39 Å². The minimum absolute atomic E-state index is 0.0720. The highest BCUT2D eigenvalue weighted by molar-refractivity contribution is 6.30. The van der Waals surface area contributed by atoms with E-state index in [2.05, 4.69) is 0 Å². The molecule has 0 bridgehead atoms. The van der Waals surface area contributed by atoms with E-state index in [9.17, 15) is 9.18 Å². The second-order valence-electron chi connectivity index (χ2n) is 4.19. The molecule has 0 heterocycles. The van der Waals surface area contributed by atoms with Crippen LogP contribution in [0.5, 0.6) is 0 Å². The summed E-state index contributed by atoms with van der Waals surface area (Å²) < 4.78 is 12.7. The van der Waals surface area contributed by atoms with Crippen molar-refractivity contribution in [2.45, 2.75) is 19.2 Å². The number of rotatable bonds is 4. The Balaban J connectivity index is 2.97. The molecule has 0 aliphatic rings. The van der Waals surface area contributed by atoms with Crippen LogP contribution in [0.2, 0.25) is 0 Å². The Hall–Kier alpha value is -0.600. The van der Waals surface area contributed by atoms with E-state index in [1.165, 1.54) is 12.1 Å². The predicted octanol–water partition coefficient (Wildman–Crippen LogP) is 3.94. The van der Waals surface area contributed by atoms with Crippen LogP contribution in [0.1, 0.15) is 24.8 Å². The molecule has 0 amide bonds. The van der Waals surface area contributed by atoms with Gasteiger partial charge in [0.1, 0.15) is 5.82 Å². The molecule has 0 radical (unpaired) electrons. The Kier molecular flexibility index (Phi) is 4.34. The summed E-state index contributed by atoms with van der Waals surface area (Å²) in [6.45, 7) is 3.47. The number of halogens is 3. The SMILES string of the molecule is CC(C)(C(=O)CCl)C(Cl)c1ccc(F)cc1. The molecular formula is C12H13Cl2FO. The van der Waals surface area contributed by atoms with Crippen molar-refractivity contribution in [3.05, 3.63) is 35.6 Å². The molecule has 0 fully saturated rings. The van der Waals surface area contributed by atoms with E-state index in [0.29, 0.717) is 5.56 Å². The van der Waals surface area contributed by atoms with Gasteiger partial charge < -0.3 is 0 Å². The third kappa shape index (κ3) is 2.74. The van der Waals surface area contributed by atoms with Crippen LogP contribution in [-0.4, -0.2) is 11.7 Å². The Labute approximate surface area is 105 Å². The van der Waals surface area contributed by atoms with E-state index in [1.807, 2.05) is 0 Å². The first-order valence-corrected chi connectivity index (χ1v) is 5.85. The average molecular weight is 263 g/mol. The van der Waals surface area contributed by atoms with E-state index >= 15 is 0 Å². The number of alkyl halides is 2. The van der Waals surface area contributed by atoms with Crippen molar-refractivity contribution in [3.8, 4) is 0 Å². The van der Waals surface area contributed by atoms with E-state index in [0.717, 1.165) is 0 Å². The van der Waals surface area contributed by atoms with Crippen LogP contribution in [0.4, 0.5) is 4.39 Å². The van der Waals surface area contributed by atoms with E-state index in [-0.39, 0.29) is 17.5 Å². The predicted molar refractivity (Wildman–Crippen MR) is 64.5 cm³/mol. The van der Waals surface area contributed by atoms with Crippen molar-refractivity contribution in [3.63, 3.8) is 0 Å². The van der Waals surface area contributed by atoms with Gasteiger partial charge in [0.05, 0.1) is 11.3 Å². The first-order valence-electron chi connectivity index (χ1n) is 4.88. The molecule has 0 saturated heterocycles. The van der Waals surface area contributed by atoms with Gasteiger partial charge in [-0.1, -0.05) is 26.0 Å². The van der Waals surface area contributed by atoms with E-state index < -0.39 is 10.8 Å². The van der Waals surface area contributed by atoms with Crippen molar-refractivity contribution < 1.29 is 9.18 Å². The first kappa shape index (κ1) is 13.5. The maximum atomic E-state index is 12.7. The molecule has 1 aromatic carbocycles. The fraction of sp³-hybridized carbons (Fsp3) is 0.417. The van der Waals surface area contributed by atoms with Gasteiger partial charge >= 0.3 is 0 Å². The zero-order valence-electron chi connectivity index (χ0n) is 9.14. The van der Waals surface area contributed by atoms with Gasteiger partial charge in [0.2, 0.25) is 0 Å². The summed E-state index contributed by atoms with van der Waals surface area (Å²) >= 11 is 11.7. The smallest absolute Gasteiger partial charge is 0.154 e. The molecule has 0 N–H and O–H groups in total. The highest BCUT2D eigenvalue weighted by Gasteiger charge is 2.35. The summed E-state index contributed by atoms with van der Waals surface area (Å²) in [7, 11) is 0. The zero-order chi connectivity index (χ0) is 12.3. The molecule has 0 aliphatic heterocycles. The molecule has 0 saturated carbocycles. The van der Waals surface area contributed by atoms with Crippen LogP contribution in [0.25, 0.3) is 0 Å². The van der Waals surface area contributed by atoms with Crippen LogP contribution in [0.15, 0.2) is 24.3 Å². The number of hydrogen-bond acceptors (Lipinski definition) is 1. The third-order valence-electron chi connectivity index (χ3n) is 2.64. The quantitative estimate of drug-likeness (QED) is 0.752. The van der Waals surface area contributed by atoms with Crippen LogP contribution >= 0.6 is 23.2 Å². The molecule has 4 heteroatoms. The molecule has 16 heavy (non-hydrogen) atoms. The van der Waals surface area contributed by atoms with Gasteiger partial charge in [-0.15, -0.1) is 23.2 Å². The first-order chi connectivity index (χ1) is 7.39. The Morgan fingerprint density at radius 1 is 1.38 bits per heavy atom. The van der Waals surface area contributed by atoms with Crippen molar-refractivity contribution in [2.75, 3.05) is 5.88 Å². The number of Topliss-reactive ketones (excluding diaryl/α,β-unsaturated/α-hetero) is 1. The van der Waals surface area contributed by atoms with Gasteiger partial charge in [0.15, 0.2) is 5.78 Å². The van der Waals surface area contributed by atoms with Crippen molar-refractivity contribution in [1.82, 2.24) is 0 Å². The molecule has 0 spiro atoms. The molecule has 1 nitrogen and oxygen atoms in total. The molecule has 0 aromatic heterocycles. The third-order valence-corrected chi connectivity index (χ3v) is 3.68. The second-order valence-corrected chi connectivity index (χ2v) is 4.90. The lowest BCUT2D eigenvalue weighted by Crippen LogP contribution is -2.30. The molecule has 88 valence electrons. The van der Waals surface area contributed by atoms with Gasteiger partial charge in [-0.05, 0) is 17.7 Å². The summed E-state index contributed by atoms with van der Waals surface area (Å²) in [5.41, 5.74) is -0.0484. The number of benzene rings is 1. The summed E-state index contributed by atoms with van der Waals surface area (Å²) in [5.74, 6) is -0.523. The maximum Gasteiger partial charge on any atom is 0.154 e. The normalized spacial score (nSPS) is 13.6. The zero-order valence-corrected chi connectivity index (χ0v) is 10.6. The summed E-state index contributed by atoms with van der Waals surface area (Å²) in [5, 5.41) is -0.514. The van der Waals surface area contributed by atoms with Gasteiger partial charge in [0, 0.05) is 5.41 Å². The topological polar surface area (TPSA) is 17.1 Å². The molecule has 1 unspecified atom stereocenters. The fourth-order valence-electron chi connectivity index (χ4n) is 1.36. The minimum atomic E-state index is -0.763. The lowest BCUT2D eigenvalue weighted by Gasteiger charge is -2.28. The van der Waals surface area contributed by atoms with Crippen LogP contribution < -0.4 is 0 Å². The number of hydrogen-bond donors (Lipinski definition) is 0. The van der Waals surface area contributed by atoms with E-state index in [4.69, 9.17) is 23.2 Å². The average Bonchev–Trinajstić information content (AvgIpc) is 2.28. The highest BCUT2D eigenvalue weighted by Crippen LogP contribution is 2.39. The molecule has 0 aliphatic carbocycles. The maximum absolute atomic E-state index is 12.7. The van der Waals surface area contributed by atoms with Crippen molar-refractivity contribution >= 4 is 29.0 Å². The molecular weight excluding hydrogens is 250 g/mol. The van der Waals surface area contributed by atoms with Crippen molar-refractivity contribution in [1.29, 1.82) is 0 Å². The second kappa shape index (κ2) is 5.15. The molecule has 1 rings (SSSR count). The molecule has 1 atom stereocenters. The van der Waals surface area contributed by atoms with E-state index in [1.54, 1.807) is 26.0 Å². The highest BCUT2D eigenvalue weighted by atomic mass is 35.5. The monoisotopic (exact) mass is 262 g/mol.